The number of carbonyl (C=O) groups excluding carboxylic acids is 1. The fraction of sp³-hybridized carbons (Fsp3) is 0. The second-order valence-electron chi connectivity index (χ2n) is 1.34. The van der Waals surface area contributed by atoms with Crippen LogP contribution in [0.3, 0.4) is 0 Å². The van der Waals surface area contributed by atoms with Crippen LogP contribution in [0, 0.1) is 0 Å². The molecule has 0 unspecified atom stereocenters. The first-order valence-electron chi connectivity index (χ1n) is 2.11. The number of nitrogens with two attached hydrogens (primary N) is 1. The van der Waals surface area contributed by atoms with Crippen molar-refractivity contribution in [1.82, 2.24) is 4.98 Å². The van der Waals surface area contributed by atoms with E-state index in [0.717, 1.165) is 11.3 Å². The van der Waals surface area contributed by atoms with E-state index in [1.165, 1.54) is 6.20 Å². The predicted molar refractivity (Wildman–Crippen MR) is 44.0 cm³/mol. The second kappa shape index (κ2) is 3.75. The van der Waals surface area contributed by atoms with Crippen molar-refractivity contribution in [2.24, 2.45) is 0 Å². The van der Waals surface area contributed by atoms with E-state index in [1.54, 1.807) is 0 Å². The molecule has 0 bridgehead atoms. The van der Waals surface area contributed by atoms with Crippen molar-refractivity contribution in [2.75, 3.05) is 5.73 Å². The Morgan fingerprint density at radius 2 is 2.40 bits per heavy atom. The van der Waals surface area contributed by atoms with Gasteiger partial charge in [-0.15, -0.1) is 12.4 Å². The van der Waals surface area contributed by atoms with Gasteiger partial charge in [0, 0.05) is 0 Å². The van der Waals surface area contributed by atoms with Crippen LogP contribution in [0.15, 0.2) is 6.20 Å². The third kappa shape index (κ3) is 2.13. The van der Waals surface area contributed by atoms with E-state index in [2.05, 4.69) is 4.98 Å². The van der Waals surface area contributed by atoms with Crippen molar-refractivity contribution in [3.8, 4) is 0 Å². The lowest BCUT2D eigenvalue weighted by atomic mass is 10.6. The number of nitrogens with zero attached hydrogens (tertiary/aromatic N) is 1. The lowest BCUT2D eigenvalue weighted by Crippen LogP contribution is -1.79. The maximum atomic E-state index is 10.3. The zero-order valence-corrected chi connectivity index (χ0v) is 7.09. The summed E-state index contributed by atoms with van der Waals surface area (Å²) in [5.41, 5.74) is 5.21. The number of hydrogen-bond donors (Lipinski definition) is 1. The van der Waals surface area contributed by atoms with Gasteiger partial charge in [0.15, 0.2) is 5.13 Å². The summed E-state index contributed by atoms with van der Waals surface area (Å²) in [4.78, 5) is 14.4. The van der Waals surface area contributed by atoms with Crippen LogP contribution in [-0.2, 0) is 0 Å². The Kier molecular flexibility index (Phi) is 3.63. The molecular weight excluding hydrogens is 195 g/mol. The molecule has 1 aromatic heterocycles. The Hall–Kier alpha value is -0.320. The van der Waals surface area contributed by atoms with Crippen LogP contribution in [0.1, 0.15) is 9.67 Å². The molecule has 3 nitrogen and oxygen atoms in total. The quantitative estimate of drug-likeness (QED) is 0.697. The van der Waals surface area contributed by atoms with Crippen LogP contribution in [0.4, 0.5) is 5.13 Å². The molecule has 0 fully saturated rings. The van der Waals surface area contributed by atoms with Crippen LogP contribution in [0.25, 0.3) is 0 Å². The van der Waals surface area contributed by atoms with E-state index >= 15 is 0 Å². The van der Waals surface area contributed by atoms with Gasteiger partial charge < -0.3 is 5.73 Å². The van der Waals surface area contributed by atoms with Gasteiger partial charge in [0.1, 0.15) is 4.88 Å². The highest BCUT2D eigenvalue weighted by Gasteiger charge is 2.03. The van der Waals surface area contributed by atoms with E-state index < -0.39 is 5.24 Å². The number of rotatable bonds is 1. The number of carbonyl (C=O) groups is 1. The van der Waals surface area contributed by atoms with Crippen molar-refractivity contribution in [3.05, 3.63) is 11.1 Å². The number of aromatic nitrogens is 1. The van der Waals surface area contributed by atoms with Gasteiger partial charge in [-0.2, -0.15) is 0 Å². The van der Waals surface area contributed by atoms with Gasteiger partial charge in [-0.25, -0.2) is 4.98 Å². The van der Waals surface area contributed by atoms with Crippen molar-refractivity contribution >= 4 is 45.7 Å². The maximum Gasteiger partial charge on any atom is 0.264 e. The molecule has 0 aliphatic carbocycles. The standard InChI is InChI=1S/C4H3ClN2OS.ClH/c5-3(8)2-1-7-4(6)9-2;/h1H,(H2,6,7);1H. The average Bonchev–Trinajstić information content (AvgIpc) is 2.14. The highest BCUT2D eigenvalue weighted by molar-refractivity contribution is 7.18. The molecular formula is C4H4Cl2N2OS. The van der Waals surface area contributed by atoms with Gasteiger partial charge in [0.2, 0.25) is 0 Å². The third-order valence-corrected chi connectivity index (χ3v) is 1.86. The van der Waals surface area contributed by atoms with Gasteiger partial charge >= 0.3 is 0 Å². The second-order valence-corrected chi connectivity index (χ2v) is 2.74. The summed E-state index contributed by atoms with van der Waals surface area (Å²) in [6.45, 7) is 0. The van der Waals surface area contributed by atoms with Gasteiger partial charge in [-0.05, 0) is 11.6 Å². The van der Waals surface area contributed by atoms with E-state index in [9.17, 15) is 4.79 Å². The molecule has 0 atom stereocenters. The summed E-state index contributed by atoms with van der Waals surface area (Å²) in [6, 6.07) is 0. The van der Waals surface area contributed by atoms with E-state index in [0.29, 0.717) is 10.0 Å². The summed E-state index contributed by atoms with van der Waals surface area (Å²) in [6.07, 6.45) is 1.36. The largest absolute Gasteiger partial charge is 0.375 e. The summed E-state index contributed by atoms with van der Waals surface area (Å²) < 4.78 is 0. The topological polar surface area (TPSA) is 56.0 Å². The summed E-state index contributed by atoms with van der Waals surface area (Å²) in [5.74, 6) is 0. The SMILES string of the molecule is Cl.Nc1ncc(C(=O)Cl)s1. The molecule has 0 amide bonds. The molecule has 2 N–H and O–H groups in total. The van der Waals surface area contributed by atoms with Crippen LogP contribution in [-0.4, -0.2) is 10.2 Å². The van der Waals surface area contributed by atoms with Crippen LogP contribution < -0.4 is 5.73 Å². The number of halogens is 2. The highest BCUT2D eigenvalue weighted by atomic mass is 35.5. The minimum Gasteiger partial charge on any atom is -0.375 e. The average molecular weight is 199 g/mol. The normalized spacial score (nSPS) is 8.50. The minimum atomic E-state index is -0.510. The number of anilines is 1. The lowest BCUT2D eigenvalue weighted by molar-refractivity contribution is 0.108. The predicted octanol–water partition coefficient (Wildman–Crippen LogP) is 1.53. The maximum absolute atomic E-state index is 10.3. The molecule has 0 aliphatic rings. The lowest BCUT2D eigenvalue weighted by Gasteiger charge is -1.76. The fourth-order valence-corrected chi connectivity index (χ4v) is 1.06. The van der Waals surface area contributed by atoms with Crippen molar-refractivity contribution in [1.29, 1.82) is 0 Å². The smallest absolute Gasteiger partial charge is 0.264 e. The van der Waals surface area contributed by atoms with Crippen molar-refractivity contribution in [2.45, 2.75) is 0 Å². The first-order valence-corrected chi connectivity index (χ1v) is 3.30. The third-order valence-electron chi connectivity index (χ3n) is 0.717. The molecule has 1 heterocycles. The molecule has 0 radical (unpaired) electrons. The van der Waals surface area contributed by atoms with Crippen LogP contribution in [0.5, 0.6) is 0 Å². The first-order chi connectivity index (χ1) is 4.20. The summed E-state index contributed by atoms with van der Waals surface area (Å²) in [5, 5.41) is -0.150. The van der Waals surface area contributed by atoms with E-state index in [-0.39, 0.29) is 12.4 Å². The molecule has 10 heavy (non-hydrogen) atoms. The first kappa shape index (κ1) is 9.68. The Morgan fingerprint density at radius 1 is 1.80 bits per heavy atom. The number of nitrogen functional groups attached to an aromatic ring is 1. The zero-order chi connectivity index (χ0) is 6.85. The van der Waals surface area contributed by atoms with Gasteiger partial charge in [0.05, 0.1) is 6.20 Å². The van der Waals surface area contributed by atoms with E-state index in [4.69, 9.17) is 17.3 Å². The Balaban J connectivity index is 0.000000810. The molecule has 0 aromatic carbocycles. The van der Waals surface area contributed by atoms with Crippen LogP contribution >= 0.6 is 35.3 Å². The van der Waals surface area contributed by atoms with Gasteiger partial charge in [-0.1, -0.05) is 11.3 Å². The monoisotopic (exact) mass is 198 g/mol. The Bertz CT molecular complexity index is 237. The zero-order valence-electron chi connectivity index (χ0n) is 4.70. The molecule has 1 aromatic rings. The molecule has 0 aliphatic heterocycles. The molecule has 0 saturated carbocycles. The Labute approximate surface area is 72.6 Å². The summed E-state index contributed by atoms with van der Waals surface area (Å²) >= 11 is 6.17. The Morgan fingerprint density at radius 3 is 2.60 bits per heavy atom. The molecule has 56 valence electrons. The van der Waals surface area contributed by atoms with Crippen molar-refractivity contribution in [3.63, 3.8) is 0 Å². The molecule has 0 spiro atoms. The number of hydrogen-bond acceptors (Lipinski definition) is 4. The van der Waals surface area contributed by atoms with Crippen molar-refractivity contribution < 1.29 is 4.79 Å². The van der Waals surface area contributed by atoms with Gasteiger partial charge in [-0.3, -0.25) is 4.79 Å². The molecule has 0 saturated heterocycles. The van der Waals surface area contributed by atoms with Gasteiger partial charge in [0.25, 0.3) is 5.24 Å². The summed E-state index contributed by atoms with van der Waals surface area (Å²) in [7, 11) is 0. The molecule has 1 rings (SSSR count). The fourth-order valence-electron chi connectivity index (χ4n) is 0.378. The number of thiazole rings is 1. The van der Waals surface area contributed by atoms with Crippen LogP contribution in [0.2, 0.25) is 0 Å². The van der Waals surface area contributed by atoms with E-state index in [1.807, 2.05) is 0 Å². The highest BCUT2D eigenvalue weighted by Crippen LogP contribution is 2.15. The minimum absolute atomic E-state index is 0. The molecule has 6 heteroatoms.